The van der Waals surface area contributed by atoms with Crippen LogP contribution in [0, 0.1) is 5.92 Å². The van der Waals surface area contributed by atoms with Gasteiger partial charge < -0.3 is 5.73 Å². The van der Waals surface area contributed by atoms with Crippen molar-refractivity contribution in [3.05, 3.63) is 42.2 Å². The number of benzene rings is 1. The molecule has 0 radical (unpaired) electrons. The minimum Gasteiger partial charge on any atom is -0.324 e. The van der Waals surface area contributed by atoms with Crippen molar-refractivity contribution in [2.75, 3.05) is 0 Å². The normalized spacial score (nSPS) is 13.3. The molecule has 0 aliphatic rings. The molecule has 2 heteroatoms. The summed E-state index contributed by atoms with van der Waals surface area (Å²) in [5.41, 5.74) is 7.40. The number of pyridine rings is 1. The van der Waals surface area contributed by atoms with Gasteiger partial charge in [-0.1, -0.05) is 32.0 Å². The first kappa shape index (κ1) is 10.1. The molecule has 0 aliphatic carbocycles. The molecule has 1 aromatic heterocycles. The molecule has 78 valence electrons. The summed E-state index contributed by atoms with van der Waals surface area (Å²) in [7, 11) is 0. The van der Waals surface area contributed by atoms with Crippen LogP contribution in [0.15, 0.2) is 36.7 Å². The first-order chi connectivity index (χ1) is 7.20. The Morgan fingerprint density at radius 1 is 1.20 bits per heavy atom. The van der Waals surface area contributed by atoms with Gasteiger partial charge in [0.05, 0.1) is 0 Å². The molecular formula is C13H16N2. The molecule has 1 unspecified atom stereocenters. The third-order valence-corrected chi connectivity index (χ3v) is 2.79. The predicted octanol–water partition coefficient (Wildman–Crippen LogP) is 2.89. The minimum atomic E-state index is 0.0936. The zero-order valence-electron chi connectivity index (χ0n) is 9.14. The lowest BCUT2D eigenvalue weighted by Gasteiger charge is -2.17. The van der Waals surface area contributed by atoms with Crippen molar-refractivity contribution in [3.63, 3.8) is 0 Å². The highest BCUT2D eigenvalue weighted by molar-refractivity contribution is 5.85. The van der Waals surface area contributed by atoms with Crippen LogP contribution in [0.5, 0.6) is 0 Å². The molecule has 0 bridgehead atoms. The fourth-order valence-electron chi connectivity index (χ4n) is 1.80. The summed E-state index contributed by atoms with van der Waals surface area (Å²) in [6, 6.07) is 8.34. The van der Waals surface area contributed by atoms with Crippen LogP contribution in [-0.2, 0) is 0 Å². The number of rotatable bonds is 2. The second kappa shape index (κ2) is 3.99. The van der Waals surface area contributed by atoms with Gasteiger partial charge in [0, 0.05) is 23.8 Å². The maximum absolute atomic E-state index is 6.18. The molecule has 2 nitrogen and oxygen atoms in total. The molecular weight excluding hydrogens is 184 g/mol. The molecule has 2 N–H and O–H groups in total. The molecule has 1 aromatic carbocycles. The van der Waals surface area contributed by atoms with E-state index in [1.165, 1.54) is 10.9 Å². The van der Waals surface area contributed by atoms with Crippen LogP contribution < -0.4 is 5.73 Å². The van der Waals surface area contributed by atoms with Crippen molar-refractivity contribution in [1.82, 2.24) is 4.98 Å². The van der Waals surface area contributed by atoms with E-state index in [0.29, 0.717) is 5.92 Å². The van der Waals surface area contributed by atoms with Gasteiger partial charge in [0.25, 0.3) is 0 Å². The van der Waals surface area contributed by atoms with Gasteiger partial charge in [-0.2, -0.15) is 0 Å². The number of hydrogen-bond donors (Lipinski definition) is 1. The van der Waals surface area contributed by atoms with Crippen molar-refractivity contribution in [3.8, 4) is 0 Å². The highest BCUT2D eigenvalue weighted by Gasteiger charge is 2.12. The molecule has 15 heavy (non-hydrogen) atoms. The summed E-state index contributed by atoms with van der Waals surface area (Å²) in [6.45, 7) is 4.29. The van der Waals surface area contributed by atoms with E-state index in [2.05, 4.69) is 31.0 Å². The van der Waals surface area contributed by atoms with E-state index in [1.54, 1.807) is 0 Å². The van der Waals surface area contributed by atoms with Crippen molar-refractivity contribution in [2.45, 2.75) is 19.9 Å². The van der Waals surface area contributed by atoms with E-state index in [0.717, 1.165) is 5.39 Å². The van der Waals surface area contributed by atoms with Crippen LogP contribution in [-0.4, -0.2) is 4.98 Å². The monoisotopic (exact) mass is 200 g/mol. The summed E-state index contributed by atoms with van der Waals surface area (Å²) in [4.78, 5) is 4.12. The Kier molecular flexibility index (Phi) is 2.69. The molecule has 0 spiro atoms. The van der Waals surface area contributed by atoms with Crippen LogP contribution in [0.25, 0.3) is 10.8 Å². The van der Waals surface area contributed by atoms with E-state index >= 15 is 0 Å². The van der Waals surface area contributed by atoms with Crippen LogP contribution in [0.3, 0.4) is 0 Å². The highest BCUT2D eigenvalue weighted by atomic mass is 14.6. The fraction of sp³-hybridized carbons (Fsp3) is 0.308. The molecule has 0 saturated carbocycles. The van der Waals surface area contributed by atoms with Crippen molar-refractivity contribution >= 4 is 10.8 Å². The Morgan fingerprint density at radius 2 is 2.00 bits per heavy atom. The second-order valence-corrected chi connectivity index (χ2v) is 4.21. The highest BCUT2D eigenvalue weighted by Crippen LogP contribution is 2.26. The summed E-state index contributed by atoms with van der Waals surface area (Å²) in [6.07, 6.45) is 3.70. The number of hydrogen-bond acceptors (Lipinski definition) is 2. The topological polar surface area (TPSA) is 38.9 Å². The van der Waals surface area contributed by atoms with E-state index in [1.807, 2.05) is 24.5 Å². The van der Waals surface area contributed by atoms with Gasteiger partial charge in [0.2, 0.25) is 0 Å². The number of fused-ring (bicyclic) bond motifs is 1. The third kappa shape index (κ3) is 1.85. The molecule has 0 saturated heterocycles. The Labute approximate surface area is 90.1 Å². The molecule has 2 rings (SSSR count). The lowest BCUT2D eigenvalue weighted by atomic mass is 9.93. The summed E-state index contributed by atoms with van der Waals surface area (Å²) in [5.74, 6) is 0.448. The Hall–Kier alpha value is -1.41. The minimum absolute atomic E-state index is 0.0936. The summed E-state index contributed by atoms with van der Waals surface area (Å²) < 4.78 is 0. The lowest BCUT2D eigenvalue weighted by molar-refractivity contribution is 0.517. The smallest absolute Gasteiger partial charge is 0.0346 e. The Morgan fingerprint density at radius 3 is 2.73 bits per heavy atom. The lowest BCUT2D eigenvalue weighted by Crippen LogP contribution is -2.16. The first-order valence-corrected chi connectivity index (χ1v) is 5.28. The van der Waals surface area contributed by atoms with Crippen LogP contribution in [0.2, 0.25) is 0 Å². The van der Waals surface area contributed by atoms with Crippen LogP contribution in [0.1, 0.15) is 25.5 Å². The summed E-state index contributed by atoms with van der Waals surface area (Å²) >= 11 is 0. The van der Waals surface area contributed by atoms with Gasteiger partial charge in [0.1, 0.15) is 0 Å². The average molecular weight is 200 g/mol. The zero-order valence-corrected chi connectivity index (χ0v) is 9.14. The standard InChI is InChI=1S/C13H16N2/c1-9(2)13(14)12-5-3-4-10-8-15-7-6-11(10)12/h3-9,13H,14H2,1-2H3. The quantitative estimate of drug-likeness (QED) is 0.809. The van der Waals surface area contributed by atoms with E-state index in [4.69, 9.17) is 5.73 Å². The van der Waals surface area contributed by atoms with E-state index in [9.17, 15) is 0 Å². The number of aromatic nitrogens is 1. The van der Waals surface area contributed by atoms with Crippen molar-refractivity contribution in [1.29, 1.82) is 0 Å². The molecule has 0 amide bonds. The number of nitrogens with zero attached hydrogens (tertiary/aromatic N) is 1. The predicted molar refractivity (Wildman–Crippen MR) is 63.5 cm³/mol. The van der Waals surface area contributed by atoms with Gasteiger partial charge in [-0.15, -0.1) is 0 Å². The van der Waals surface area contributed by atoms with E-state index in [-0.39, 0.29) is 6.04 Å². The summed E-state index contributed by atoms with van der Waals surface area (Å²) in [5, 5.41) is 2.37. The first-order valence-electron chi connectivity index (χ1n) is 5.28. The third-order valence-electron chi connectivity index (χ3n) is 2.79. The largest absolute Gasteiger partial charge is 0.324 e. The average Bonchev–Trinajstić information content (AvgIpc) is 2.27. The number of nitrogens with two attached hydrogens (primary N) is 1. The molecule has 0 fully saturated rings. The zero-order chi connectivity index (χ0) is 10.8. The van der Waals surface area contributed by atoms with Gasteiger partial charge >= 0.3 is 0 Å². The van der Waals surface area contributed by atoms with Crippen molar-refractivity contribution < 1.29 is 0 Å². The van der Waals surface area contributed by atoms with Crippen LogP contribution >= 0.6 is 0 Å². The van der Waals surface area contributed by atoms with E-state index < -0.39 is 0 Å². The molecule has 0 aliphatic heterocycles. The fourth-order valence-corrected chi connectivity index (χ4v) is 1.80. The van der Waals surface area contributed by atoms with Crippen molar-refractivity contribution in [2.24, 2.45) is 11.7 Å². The van der Waals surface area contributed by atoms with Crippen LogP contribution in [0.4, 0.5) is 0 Å². The van der Waals surface area contributed by atoms with Gasteiger partial charge in [0.15, 0.2) is 0 Å². The van der Waals surface area contributed by atoms with Gasteiger partial charge in [-0.05, 0) is 22.9 Å². The van der Waals surface area contributed by atoms with Gasteiger partial charge in [-0.3, -0.25) is 4.98 Å². The molecule has 1 heterocycles. The molecule has 1 atom stereocenters. The SMILES string of the molecule is CC(C)C(N)c1cccc2cnccc12. The van der Waals surface area contributed by atoms with Gasteiger partial charge in [-0.25, -0.2) is 0 Å². The molecule has 2 aromatic rings. The maximum atomic E-state index is 6.18. The Balaban J connectivity index is 2.60. The Bertz CT molecular complexity index is 458. The second-order valence-electron chi connectivity index (χ2n) is 4.21. The maximum Gasteiger partial charge on any atom is 0.0346 e.